The fourth-order valence-electron chi connectivity index (χ4n) is 2.97. The van der Waals surface area contributed by atoms with Crippen molar-refractivity contribution < 1.29 is 14.3 Å². The fourth-order valence-corrected chi connectivity index (χ4v) is 3.71. The first-order chi connectivity index (χ1) is 14.0. The van der Waals surface area contributed by atoms with Gasteiger partial charge in [-0.3, -0.25) is 9.89 Å². The average molecular weight is 418 g/mol. The highest BCUT2D eigenvalue weighted by Crippen LogP contribution is 2.19. The highest BCUT2D eigenvalue weighted by Gasteiger charge is 2.23. The number of hydrogen-bond donors (Lipinski definition) is 1. The average Bonchev–Trinajstić information content (AvgIpc) is 3.13. The maximum absolute atomic E-state index is 12.9. The van der Waals surface area contributed by atoms with E-state index in [0.717, 1.165) is 22.9 Å². The van der Waals surface area contributed by atoms with Crippen molar-refractivity contribution >= 4 is 23.8 Å². The van der Waals surface area contributed by atoms with Crippen molar-refractivity contribution in [3.63, 3.8) is 0 Å². The van der Waals surface area contributed by atoms with Gasteiger partial charge in [0.15, 0.2) is 5.16 Å². The third-order valence-corrected chi connectivity index (χ3v) is 5.50. The number of carbonyl (C=O) groups excluding carboxylic acids is 2. The van der Waals surface area contributed by atoms with Crippen LogP contribution in [0.25, 0.3) is 0 Å². The van der Waals surface area contributed by atoms with E-state index in [-0.39, 0.29) is 12.0 Å². The van der Waals surface area contributed by atoms with E-state index in [0.29, 0.717) is 44.3 Å². The molecule has 0 aliphatic carbocycles. The number of nitrogens with one attached hydrogen (secondary N) is 1. The molecule has 9 heteroatoms. The normalized spacial score (nSPS) is 14.7. The first-order valence-corrected chi connectivity index (χ1v) is 10.8. The summed E-state index contributed by atoms with van der Waals surface area (Å²) in [4.78, 5) is 32.6. The Kier molecular flexibility index (Phi) is 7.51. The lowest BCUT2D eigenvalue weighted by atomic mass is 10.1. The Morgan fingerprint density at radius 2 is 1.86 bits per heavy atom. The summed E-state index contributed by atoms with van der Waals surface area (Å²) in [6.07, 6.45) is 1.94. The van der Waals surface area contributed by atoms with Crippen LogP contribution in [0.5, 0.6) is 0 Å². The van der Waals surface area contributed by atoms with E-state index in [1.807, 2.05) is 43.0 Å². The maximum Gasteiger partial charge on any atom is 0.409 e. The molecule has 1 fully saturated rings. The summed E-state index contributed by atoms with van der Waals surface area (Å²) >= 11 is 1.56. The highest BCUT2D eigenvalue weighted by molar-refractivity contribution is 7.98. The minimum Gasteiger partial charge on any atom is -0.449 e. The van der Waals surface area contributed by atoms with Gasteiger partial charge in [0.2, 0.25) is 0 Å². The van der Waals surface area contributed by atoms with E-state index in [1.54, 1.807) is 16.7 Å². The molecule has 2 amide bonds. The van der Waals surface area contributed by atoms with Crippen LogP contribution in [0.15, 0.2) is 35.7 Å². The van der Waals surface area contributed by atoms with Gasteiger partial charge in [-0.1, -0.05) is 37.7 Å². The summed E-state index contributed by atoms with van der Waals surface area (Å²) in [6.45, 7) is 6.68. The maximum atomic E-state index is 12.9. The monoisotopic (exact) mass is 417 g/mol. The molecule has 1 aromatic heterocycles. The number of amides is 2. The second kappa shape index (κ2) is 10.3. The quantitative estimate of drug-likeness (QED) is 0.727. The van der Waals surface area contributed by atoms with Crippen LogP contribution in [0, 0.1) is 5.92 Å². The van der Waals surface area contributed by atoms with Crippen molar-refractivity contribution in [1.82, 2.24) is 25.0 Å². The Morgan fingerprint density at radius 1 is 1.14 bits per heavy atom. The van der Waals surface area contributed by atoms with Crippen LogP contribution in [-0.2, 0) is 10.5 Å². The number of H-pyrrole nitrogens is 1. The standard InChI is InChI=1S/C20H27N5O3S/c1-15(2)12-28-20(27)25-9-3-8-24(10-11-25)18(26)17-6-4-16(5-7-17)13-29-19-21-14-22-23-19/h4-7,14-15H,3,8-13H2,1-2H3,(H,21,22,23). The number of carbonyl (C=O) groups is 2. The van der Waals surface area contributed by atoms with E-state index >= 15 is 0 Å². The Labute approximate surface area is 175 Å². The third kappa shape index (κ3) is 6.22. The minimum atomic E-state index is -0.290. The summed E-state index contributed by atoms with van der Waals surface area (Å²) in [5.74, 6) is 1.05. The van der Waals surface area contributed by atoms with Gasteiger partial charge in [-0.2, -0.15) is 5.10 Å². The van der Waals surface area contributed by atoms with Gasteiger partial charge in [-0.25, -0.2) is 9.78 Å². The van der Waals surface area contributed by atoms with Gasteiger partial charge in [-0.05, 0) is 30.0 Å². The van der Waals surface area contributed by atoms with Crippen LogP contribution < -0.4 is 0 Å². The van der Waals surface area contributed by atoms with Gasteiger partial charge in [0.05, 0.1) is 6.61 Å². The van der Waals surface area contributed by atoms with Crippen molar-refractivity contribution in [2.75, 3.05) is 32.8 Å². The molecule has 1 aliphatic rings. The van der Waals surface area contributed by atoms with E-state index in [9.17, 15) is 9.59 Å². The molecule has 1 aliphatic heterocycles. The van der Waals surface area contributed by atoms with Crippen LogP contribution in [0.4, 0.5) is 4.79 Å². The van der Waals surface area contributed by atoms with E-state index in [1.165, 1.54) is 6.33 Å². The number of hydrogen-bond acceptors (Lipinski definition) is 6. The van der Waals surface area contributed by atoms with Gasteiger partial charge in [0.1, 0.15) is 6.33 Å². The van der Waals surface area contributed by atoms with Gasteiger partial charge in [0, 0.05) is 37.5 Å². The first-order valence-electron chi connectivity index (χ1n) is 9.81. The van der Waals surface area contributed by atoms with Crippen LogP contribution >= 0.6 is 11.8 Å². The third-order valence-electron chi connectivity index (χ3n) is 4.55. The molecule has 0 radical (unpaired) electrons. The van der Waals surface area contributed by atoms with Gasteiger partial charge < -0.3 is 14.5 Å². The van der Waals surface area contributed by atoms with E-state index in [2.05, 4.69) is 15.2 Å². The second-order valence-electron chi connectivity index (χ2n) is 7.38. The van der Waals surface area contributed by atoms with E-state index < -0.39 is 0 Å². The summed E-state index contributed by atoms with van der Waals surface area (Å²) in [5.41, 5.74) is 1.77. The second-order valence-corrected chi connectivity index (χ2v) is 8.34. The number of aromatic amines is 1. The molecule has 0 unspecified atom stereocenters. The Morgan fingerprint density at radius 3 is 2.55 bits per heavy atom. The van der Waals surface area contributed by atoms with Crippen molar-refractivity contribution in [3.8, 4) is 0 Å². The smallest absolute Gasteiger partial charge is 0.409 e. The SMILES string of the molecule is CC(C)COC(=O)N1CCCN(C(=O)c2ccc(CSc3ncn[nH]3)cc2)CC1. The molecule has 2 aromatic rings. The van der Waals surface area contributed by atoms with Crippen molar-refractivity contribution in [2.45, 2.75) is 31.2 Å². The molecule has 0 spiro atoms. The highest BCUT2D eigenvalue weighted by atomic mass is 32.2. The number of nitrogens with zero attached hydrogens (tertiary/aromatic N) is 4. The molecule has 2 heterocycles. The number of thioether (sulfide) groups is 1. The molecule has 1 N–H and O–H groups in total. The molecule has 1 aromatic carbocycles. The molecule has 156 valence electrons. The number of aromatic nitrogens is 3. The zero-order valence-corrected chi connectivity index (χ0v) is 17.7. The zero-order chi connectivity index (χ0) is 20.6. The predicted octanol–water partition coefficient (Wildman–Crippen LogP) is 3.04. The molecule has 8 nitrogen and oxygen atoms in total. The zero-order valence-electron chi connectivity index (χ0n) is 16.8. The molecule has 0 bridgehead atoms. The molecule has 0 atom stereocenters. The first kappa shape index (κ1) is 21.2. The molecular formula is C20H27N5O3S. The lowest BCUT2D eigenvalue weighted by Gasteiger charge is -2.22. The van der Waals surface area contributed by atoms with Gasteiger partial charge >= 0.3 is 6.09 Å². The van der Waals surface area contributed by atoms with Gasteiger partial charge in [0.25, 0.3) is 5.91 Å². The summed E-state index contributed by atoms with van der Waals surface area (Å²) < 4.78 is 5.31. The molecule has 3 rings (SSSR count). The summed E-state index contributed by atoms with van der Waals surface area (Å²) in [6, 6.07) is 7.64. The fraction of sp³-hybridized carbons (Fsp3) is 0.500. The summed E-state index contributed by atoms with van der Waals surface area (Å²) in [7, 11) is 0. The Balaban J connectivity index is 1.51. The lowest BCUT2D eigenvalue weighted by Crippen LogP contribution is -2.37. The Bertz CT molecular complexity index is 795. The van der Waals surface area contributed by atoms with Crippen LogP contribution in [-0.4, -0.2) is 69.8 Å². The summed E-state index contributed by atoms with van der Waals surface area (Å²) in [5, 5.41) is 7.41. The van der Waals surface area contributed by atoms with Crippen molar-refractivity contribution in [1.29, 1.82) is 0 Å². The minimum absolute atomic E-state index is 0.00293. The van der Waals surface area contributed by atoms with Crippen molar-refractivity contribution in [3.05, 3.63) is 41.7 Å². The predicted molar refractivity (Wildman–Crippen MR) is 111 cm³/mol. The van der Waals surface area contributed by atoms with Gasteiger partial charge in [-0.15, -0.1) is 0 Å². The van der Waals surface area contributed by atoms with Crippen LogP contribution in [0.3, 0.4) is 0 Å². The molecule has 0 saturated carbocycles. The molecular weight excluding hydrogens is 390 g/mol. The number of ether oxygens (including phenoxy) is 1. The topological polar surface area (TPSA) is 91.4 Å². The van der Waals surface area contributed by atoms with Crippen molar-refractivity contribution in [2.24, 2.45) is 5.92 Å². The van der Waals surface area contributed by atoms with Crippen LogP contribution in [0.2, 0.25) is 0 Å². The van der Waals surface area contributed by atoms with E-state index in [4.69, 9.17) is 4.74 Å². The number of rotatable bonds is 6. The molecule has 29 heavy (non-hydrogen) atoms. The Hall–Kier alpha value is -2.55. The largest absolute Gasteiger partial charge is 0.449 e. The lowest BCUT2D eigenvalue weighted by molar-refractivity contribution is 0.0746. The molecule has 1 saturated heterocycles. The number of benzene rings is 1. The van der Waals surface area contributed by atoms with Crippen LogP contribution in [0.1, 0.15) is 36.2 Å².